The number of hydrogen-bond donors (Lipinski definition) is 0. The van der Waals surface area contributed by atoms with Gasteiger partial charge in [-0.05, 0) is 94.5 Å². The van der Waals surface area contributed by atoms with E-state index in [9.17, 15) is 44.0 Å². The van der Waals surface area contributed by atoms with E-state index in [0.717, 1.165) is 49.8 Å². The van der Waals surface area contributed by atoms with Crippen molar-refractivity contribution in [2.75, 3.05) is 32.3 Å². The molecular weight excluding hydrogens is 817 g/mol. The van der Waals surface area contributed by atoms with Crippen LogP contribution < -0.4 is 0 Å². The zero-order valence-corrected chi connectivity index (χ0v) is 35.8. The zero-order valence-electron chi connectivity index (χ0n) is 33.2. The van der Waals surface area contributed by atoms with Gasteiger partial charge in [-0.25, -0.2) is 39.2 Å². The normalized spacial score (nSPS) is 13.4. The monoisotopic (exact) mass is 860 g/mol. The van der Waals surface area contributed by atoms with Crippen molar-refractivity contribution < 1.29 is 57.9 Å². The van der Waals surface area contributed by atoms with Crippen LogP contribution in [0.2, 0.25) is 18.1 Å². The highest BCUT2D eigenvalue weighted by Gasteiger charge is 2.37. The van der Waals surface area contributed by atoms with Gasteiger partial charge in [-0.15, -0.1) is 0 Å². The van der Waals surface area contributed by atoms with Crippen LogP contribution in [-0.2, 0) is 43.2 Å². The molecule has 4 rings (SSSR count). The molecule has 4 aromatic rings. The Balaban J connectivity index is 2.00. The minimum Gasteiger partial charge on any atom is -0.461 e. The summed E-state index contributed by atoms with van der Waals surface area (Å²) in [4.78, 5) is 26.4. The van der Waals surface area contributed by atoms with Crippen LogP contribution in [0.15, 0.2) is 94.7 Å². The summed E-state index contributed by atoms with van der Waals surface area (Å²) in [6, 6.07) is 16.6. The third-order valence-corrected chi connectivity index (χ3v) is 16.5. The SMILES string of the molecule is CC(=O)OCC(=C(C(=O)OCC(=C(CO[Si](C)(C)C(C)(C)C)c1ccc(F)c(F)c1)c1ccc(S(C)(=O)=O)cc1)c1ccc(F)c(F)c1)c1ccc(S(C)(=O)=O)cc1. The highest BCUT2D eigenvalue weighted by Crippen LogP contribution is 2.39. The van der Waals surface area contributed by atoms with Gasteiger partial charge in [0, 0.05) is 30.6 Å². The van der Waals surface area contributed by atoms with Gasteiger partial charge in [-0.1, -0.05) is 57.2 Å². The van der Waals surface area contributed by atoms with E-state index in [0.29, 0.717) is 5.56 Å². The van der Waals surface area contributed by atoms with Gasteiger partial charge >= 0.3 is 11.9 Å². The van der Waals surface area contributed by atoms with E-state index in [-0.39, 0.29) is 60.4 Å². The largest absolute Gasteiger partial charge is 0.461 e. The van der Waals surface area contributed by atoms with Crippen molar-refractivity contribution in [3.63, 3.8) is 0 Å². The Morgan fingerprint density at radius 1 is 0.569 bits per heavy atom. The maximum atomic E-state index is 14.9. The molecule has 58 heavy (non-hydrogen) atoms. The molecule has 0 aromatic heterocycles. The number of ether oxygens (including phenoxy) is 2. The molecule has 0 amide bonds. The first-order valence-corrected chi connectivity index (χ1v) is 24.4. The number of benzene rings is 4. The van der Waals surface area contributed by atoms with Crippen molar-refractivity contribution in [1.82, 2.24) is 0 Å². The summed E-state index contributed by atoms with van der Waals surface area (Å²) < 4.78 is 125. The van der Waals surface area contributed by atoms with Crippen molar-refractivity contribution in [2.45, 2.75) is 55.6 Å². The standard InChI is InChI=1S/C42H44F4O9S2Si/c1-26(47)53-24-35(28-11-17-32(18-12-28)57(6,51)52)40(30-14-20-37(44)39(46)22-30)41(48)54-23-33(27-9-15-31(16-10-27)56(5,49)50)34(25-55-58(7,8)42(2,3)4)29-13-19-36(43)38(45)21-29/h9-22H,23-25H2,1-8H3. The molecule has 9 nitrogen and oxygen atoms in total. The van der Waals surface area contributed by atoms with Crippen molar-refractivity contribution in [2.24, 2.45) is 0 Å². The van der Waals surface area contributed by atoms with Gasteiger partial charge < -0.3 is 13.9 Å². The topological polar surface area (TPSA) is 130 Å². The van der Waals surface area contributed by atoms with Gasteiger partial charge in [0.1, 0.15) is 13.2 Å². The van der Waals surface area contributed by atoms with Crippen LogP contribution in [-0.4, -0.2) is 69.4 Å². The second kappa shape index (κ2) is 17.9. The summed E-state index contributed by atoms with van der Waals surface area (Å²) in [5.41, 5.74) is 0.469. The molecule has 0 unspecified atom stereocenters. The Bertz CT molecular complexity index is 2490. The average Bonchev–Trinajstić information content (AvgIpc) is 3.12. The molecule has 0 aliphatic rings. The lowest BCUT2D eigenvalue weighted by Gasteiger charge is -2.36. The second-order valence-corrected chi connectivity index (χ2v) is 23.9. The highest BCUT2D eigenvalue weighted by atomic mass is 32.2. The van der Waals surface area contributed by atoms with Crippen LogP contribution in [0.25, 0.3) is 22.3 Å². The molecule has 0 radical (unpaired) electrons. The highest BCUT2D eigenvalue weighted by molar-refractivity contribution is 7.91. The maximum absolute atomic E-state index is 14.9. The van der Waals surface area contributed by atoms with Crippen molar-refractivity contribution in [1.29, 1.82) is 0 Å². The van der Waals surface area contributed by atoms with Gasteiger partial charge in [-0.2, -0.15) is 0 Å². The Labute approximate surface area is 337 Å². The number of carbonyl (C=O) groups is 2. The fourth-order valence-electron chi connectivity index (χ4n) is 5.40. The molecule has 0 spiro atoms. The summed E-state index contributed by atoms with van der Waals surface area (Å²) in [6.45, 7) is 9.67. The lowest BCUT2D eigenvalue weighted by molar-refractivity contribution is -0.139. The molecule has 310 valence electrons. The number of halogens is 4. The first kappa shape index (κ1) is 45.8. The van der Waals surface area contributed by atoms with Crippen molar-refractivity contribution >= 4 is 62.2 Å². The molecule has 0 saturated carbocycles. The Kier molecular flexibility index (Phi) is 14.2. The van der Waals surface area contributed by atoms with E-state index < -0.39 is 76.4 Å². The maximum Gasteiger partial charge on any atom is 0.339 e. The molecule has 0 aliphatic carbocycles. The first-order valence-electron chi connectivity index (χ1n) is 17.7. The van der Waals surface area contributed by atoms with Gasteiger partial charge in [0.25, 0.3) is 0 Å². The van der Waals surface area contributed by atoms with Crippen molar-refractivity contribution in [3.05, 3.63) is 130 Å². The van der Waals surface area contributed by atoms with E-state index in [2.05, 4.69) is 0 Å². The number of hydrogen-bond acceptors (Lipinski definition) is 9. The smallest absolute Gasteiger partial charge is 0.339 e. The van der Waals surface area contributed by atoms with Gasteiger partial charge in [0.15, 0.2) is 51.3 Å². The molecular formula is C42H44F4O9S2Si. The fraction of sp³-hybridized carbons (Fsp3) is 0.286. The molecule has 0 heterocycles. The van der Waals surface area contributed by atoms with Crippen LogP contribution in [0.4, 0.5) is 17.6 Å². The van der Waals surface area contributed by atoms with Crippen molar-refractivity contribution in [3.8, 4) is 0 Å². The Morgan fingerprint density at radius 2 is 0.966 bits per heavy atom. The lowest BCUT2D eigenvalue weighted by Crippen LogP contribution is -2.41. The number of rotatable bonds is 14. The summed E-state index contributed by atoms with van der Waals surface area (Å²) >= 11 is 0. The molecule has 4 aromatic carbocycles. The van der Waals surface area contributed by atoms with Gasteiger partial charge in [0.05, 0.1) is 22.0 Å². The molecule has 0 fully saturated rings. The second-order valence-electron chi connectivity index (χ2n) is 15.1. The van der Waals surface area contributed by atoms with E-state index in [4.69, 9.17) is 13.9 Å². The molecule has 0 aliphatic heterocycles. The Hall–Kier alpha value is -4.90. The van der Waals surface area contributed by atoms with Crippen LogP contribution in [0.5, 0.6) is 0 Å². The summed E-state index contributed by atoms with van der Waals surface area (Å²) in [6.07, 6.45) is 2.02. The van der Waals surface area contributed by atoms with E-state index in [1.54, 1.807) is 0 Å². The summed E-state index contributed by atoms with van der Waals surface area (Å²) in [5, 5.41) is -0.294. The number of esters is 2. The molecule has 0 bridgehead atoms. The van der Waals surface area contributed by atoms with Crippen LogP contribution in [0.1, 0.15) is 49.9 Å². The molecule has 16 heteroatoms. The minimum absolute atomic E-state index is 0.0277. The van der Waals surface area contributed by atoms with Gasteiger partial charge in [0.2, 0.25) is 0 Å². The van der Waals surface area contributed by atoms with Gasteiger partial charge in [-0.3, -0.25) is 4.79 Å². The van der Waals surface area contributed by atoms with E-state index in [1.807, 2.05) is 33.9 Å². The average molecular weight is 861 g/mol. The molecule has 0 atom stereocenters. The van der Waals surface area contributed by atoms with Crippen LogP contribution in [0.3, 0.4) is 0 Å². The Morgan fingerprint density at radius 3 is 1.40 bits per heavy atom. The number of sulfone groups is 2. The quantitative estimate of drug-likeness (QED) is 0.0402. The lowest BCUT2D eigenvalue weighted by atomic mass is 9.94. The molecule has 0 N–H and O–H groups in total. The summed E-state index contributed by atoms with van der Waals surface area (Å²) in [7, 11) is -9.86. The number of carbonyl (C=O) groups excluding carboxylic acids is 2. The first-order chi connectivity index (χ1) is 26.8. The molecule has 0 saturated heterocycles. The zero-order chi connectivity index (χ0) is 43.4. The predicted molar refractivity (Wildman–Crippen MR) is 216 cm³/mol. The fourth-order valence-corrected chi connectivity index (χ4v) is 7.60. The summed E-state index contributed by atoms with van der Waals surface area (Å²) in [5.74, 6) is -6.74. The van der Waals surface area contributed by atoms with Crippen LogP contribution in [0, 0.1) is 23.3 Å². The van der Waals surface area contributed by atoms with E-state index >= 15 is 0 Å². The minimum atomic E-state index is -3.66. The van der Waals surface area contributed by atoms with Crippen LogP contribution >= 0.6 is 0 Å². The third kappa shape index (κ3) is 11.4. The van der Waals surface area contributed by atoms with E-state index in [1.165, 1.54) is 54.6 Å². The predicted octanol–water partition coefficient (Wildman–Crippen LogP) is 8.70. The third-order valence-electron chi connectivity index (χ3n) is 9.76.